The summed E-state index contributed by atoms with van der Waals surface area (Å²) < 4.78 is 27.8. The van der Waals surface area contributed by atoms with E-state index in [-0.39, 0.29) is 0 Å². The van der Waals surface area contributed by atoms with Crippen LogP contribution < -0.4 is 10.6 Å². The summed E-state index contributed by atoms with van der Waals surface area (Å²) in [7, 11) is 0. The van der Waals surface area contributed by atoms with Crippen molar-refractivity contribution in [1.82, 2.24) is 20.4 Å². The summed E-state index contributed by atoms with van der Waals surface area (Å²) in [5.74, 6) is -3.19. The van der Waals surface area contributed by atoms with Crippen LogP contribution in [0.1, 0.15) is 12.0 Å². The quantitative estimate of drug-likeness (QED) is 0.900. The van der Waals surface area contributed by atoms with E-state index in [1.54, 1.807) is 10.9 Å². The Kier molecular flexibility index (Phi) is 3.89. The third kappa shape index (κ3) is 3.30. The minimum atomic E-state index is -2.80. The van der Waals surface area contributed by atoms with Gasteiger partial charge in [-0.25, -0.2) is 13.5 Å². The molecule has 2 heterocycles. The van der Waals surface area contributed by atoms with E-state index < -0.39 is 30.8 Å². The Hall–Kier alpha value is -2.28. The van der Waals surface area contributed by atoms with Crippen LogP contribution in [0.25, 0.3) is 5.69 Å². The number of nitrogens with one attached hydrogen (secondary N) is 2. The predicted molar refractivity (Wildman–Crippen MR) is 76.8 cm³/mol. The maximum Gasteiger partial charge on any atom is 0.262 e. The summed E-state index contributed by atoms with van der Waals surface area (Å²) >= 11 is 0. The highest BCUT2D eigenvalue weighted by Crippen LogP contribution is 2.25. The third-order valence-electron chi connectivity index (χ3n) is 3.60. The number of rotatable bonds is 4. The highest BCUT2D eigenvalue weighted by molar-refractivity contribution is 5.82. The number of halogens is 2. The number of nitrogens with zero attached hydrogens (tertiary/aromatic N) is 2. The van der Waals surface area contributed by atoms with Crippen molar-refractivity contribution in [2.24, 2.45) is 0 Å². The summed E-state index contributed by atoms with van der Waals surface area (Å²) in [6.07, 6.45) is 3.08. The standard InChI is InChI=1S/C15H16F2N4O/c16-15(17)8-13(19-10-15)14(22)18-9-11-2-4-12(5-3-11)21-7-1-6-20-21/h1-7,13,19H,8-10H2,(H,18,22). The smallest absolute Gasteiger partial charge is 0.262 e. The van der Waals surface area contributed by atoms with Crippen LogP contribution in [0, 0.1) is 0 Å². The number of amides is 1. The first-order chi connectivity index (χ1) is 10.5. The van der Waals surface area contributed by atoms with Gasteiger partial charge in [0.2, 0.25) is 5.91 Å². The van der Waals surface area contributed by atoms with Gasteiger partial charge in [0.25, 0.3) is 5.92 Å². The monoisotopic (exact) mass is 306 g/mol. The summed E-state index contributed by atoms with van der Waals surface area (Å²) in [6, 6.07) is 8.52. The molecule has 1 aliphatic rings. The van der Waals surface area contributed by atoms with Crippen molar-refractivity contribution in [3.8, 4) is 5.69 Å². The molecule has 3 rings (SSSR count). The Balaban J connectivity index is 1.54. The average Bonchev–Trinajstić information content (AvgIpc) is 3.15. The van der Waals surface area contributed by atoms with Gasteiger partial charge in [0.15, 0.2) is 0 Å². The summed E-state index contributed by atoms with van der Waals surface area (Å²) in [5, 5.41) is 9.34. The molecular formula is C15H16F2N4O. The maximum absolute atomic E-state index is 13.0. The zero-order valence-corrected chi connectivity index (χ0v) is 11.8. The van der Waals surface area contributed by atoms with Crippen molar-refractivity contribution in [2.45, 2.75) is 24.9 Å². The Morgan fingerprint density at radius 3 is 2.77 bits per heavy atom. The lowest BCUT2D eigenvalue weighted by Gasteiger charge is -2.11. The fourth-order valence-electron chi connectivity index (χ4n) is 2.40. The van der Waals surface area contributed by atoms with Gasteiger partial charge in [-0.2, -0.15) is 5.10 Å². The molecule has 0 bridgehead atoms. The van der Waals surface area contributed by atoms with Crippen molar-refractivity contribution < 1.29 is 13.6 Å². The molecule has 1 unspecified atom stereocenters. The van der Waals surface area contributed by atoms with Gasteiger partial charge >= 0.3 is 0 Å². The Bertz CT molecular complexity index is 640. The molecule has 1 saturated heterocycles. The Morgan fingerprint density at radius 1 is 1.41 bits per heavy atom. The maximum atomic E-state index is 13.0. The third-order valence-corrected chi connectivity index (χ3v) is 3.60. The number of carbonyl (C=O) groups excluding carboxylic acids is 1. The van der Waals surface area contributed by atoms with E-state index >= 15 is 0 Å². The van der Waals surface area contributed by atoms with Crippen LogP contribution in [0.3, 0.4) is 0 Å². The first-order valence-electron chi connectivity index (χ1n) is 7.01. The van der Waals surface area contributed by atoms with Gasteiger partial charge in [-0.05, 0) is 23.8 Å². The molecule has 1 aromatic heterocycles. The number of hydrogen-bond acceptors (Lipinski definition) is 3. The zero-order chi connectivity index (χ0) is 15.6. The molecular weight excluding hydrogens is 290 g/mol. The lowest BCUT2D eigenvalue weighted by atomic mass is 10.1. The SMILES string of the molecule is O=C(NCc1ccc(-n2cccn2)cc1)C1CC(F)(F)CN1. The largest absolute Gasteiger partial charge is 0.351 e. The molecule has 0 aliphatic carbocycles. The molecule has 7 heteroatoms. The molecule has 1 amide bonds. The Morgan fingerprint density at radius 2 is 2.18 bits per heavy atom. The molecule has 2 aromatic rings. The van der Waals surface area contributed by atoms with E-state index in [4.69, 9.17) is 0 Å². The lowest BCUT2D eigenvalue weighted by Crippen LogP contribution is -2.40. The van der Waals surface area contributed by atoms with E-state index in [0.717, 1.165) is 11.3 Å². The van der Waals surface area contributed by atoms with Gasteiger partial charge in [-0.1, -0.05) is 12.1 Å². The Labute approximate surface area is 126 Å². The predicted octanol–water partition coefficient (Wildman–Crippen LogP) is 1.49. The first-order valence-corrected chi connectivity index (χ1v) is 7.01. The number of benzene rings is 1. The zero-order valence-electron chi connectivity index (χ0n) is 11.8. The fourth-order valence-corrected chi connectivity index (χ4v) is 2.40. The van der Waals surface area contributed by atoms with Crippen LogP contribution in [0.5, 0.6) is 0 Å². The van der Waals surface area contributed by atoms with E-state index in [0.29, 0.717) is 6.54 Å². The molecule has 22 heavy (non-hydrogen) atoms. The second kappa shape index (κ2) is 5.84. The minimum absolute atomic E-state index is 0.308. The molecule has 5 nitrogen and oxygen atoms in total. The summed E-state index contributed by atoms with van der Waals surface area (Å²) in [6.45, 7) is -0.133. The molecule has 0 spiro atoms. The summed E-state index contributed by atoms with van der Waals surface area (Å²) in [5.41, 5.74) is 1.81. The van der Waals surface area contributed by atoms with Crippen LogP contribution >= 0.6 is 0 Å². The lowest BCUT2D eigenvalue weighted by molar-refractivity contribution is -0.123. The van der Waals surface area contributed by atoms with Crippen LogP contribution in [0.2, 0.25) is 0 Å². The molecule has 1 fully saturated rings. The molecule has 1 aliphatic heterocycles. The second-order valence-electron chi connectivity index (χ2n) is 5.33. The molecule has 1 atom stereocenters. The number of hydrogen-bond donors (Lipinski definition) is 2. The minimum Gasteiger partial charge on any atom is -0.351 e. The van der Waals surface area contributed by atoms with Crippen molar-refractivity contribution >= 4 is 5.91 Å². The number of carbonyl (C=O) groups is 1. The van der Waals surface area contributed by atoms with Crippen LogP contribution in [0.15, 0.2) is 42.7 Å². The van der Waals surface area contributed by atoms with E-state index in [1.807, 2.05) is 36.5 Å². The first kappa shape index (κ1) is 14.6. The number of aromatic nitrogens is 2. The normalized spacial score (nSPS) is 20.0. The molecule has 2 N–H and O–H groups in total. The van der Waals surface area contributed by atoms with E-state index in [2.05, 4.69) is 15.7 Å². The average molecular weight is 306 g/mol. The van der Waals surface area contributed by atoms with Crippen LogP contribution in [-0.4, -0.2) is 34.2 Å². The topological polar surface area (TPSA) is 59.0 Å². The van der Waals surface area contributed by atoms with Gasteiger partial charge in [0, 0.05) is 25.4 Å². The van der Waals surface area contributed by atoms with Gasteiger partial charge in [0.1, 0.15) is 0 Å². The second-order valence-corrected chi connectivity index (χ2v) is 5.33. The molecule has 116 valence electrons. The van der Waals surface area contributed by atoms with Crippen molar-refractivity contribution in [1.29, 1.82) is 0 Å². The van der Waals surface area contributed by atoms with Crippen molar-refractivity contribution in [3.05, 3.63) is 48.3 Å². The highest BCUT2D eigenvalue weighted by Gasteiger charge is 2.42. The number of alkyl halides is 2. The van der Waals surface area contributed by atoms with Crippen molar-refractivity contribution in [2.75, 3.05) is 6.54 Å². The van der Waals surface area contributed by atoms with Gasteiger partial charge < -0.3 is 5.32 Å². The molecule has 0 saturated carbocycles. The van der Waals surface area contributed by atoms with Gasteiger partial charge in [-0.3, -0.25) is 10.1 Å². The van der Waals surface area contributed by atoms with Gasteiger partial charge in [-0.15, -0.1) is 0 Å². The van der Waals surface area contributed by atoms with Gasteiger partial charge in [0.05, 0.1) is 18.3 Å². The van der Waals surface area contributed by atoms with Crippen molar-refractivity contribution in [3.63, 3.8) is 0 Å². The van der Waals surface area contributed by atoms with Crippen LogP contribution in [0.4, 0.5) is 8.78 Å². The van der Waals surface area contributed by atoms with E-state index in [1.165, 1.54) is 0 Å². The van der Waals surface area contributed by atoms with Crippen LogP contribution in [-0.2, 0) is 11.3 Å². The summed E-state index contributed by atoms with van der Waals surface area (Å²) in [4.78, 5) is 11.8. The molecule has 1 aromatic carbocycles. The molecule has 0 radical (unpaired) electrons. The van der Waals surface area contributed by atoms with E-state index in [9.17, 15) is 13.6 Å². The highest BCUT2D eigenvalue weighted by atomic mass is 19.3. The fraction of sp³-hybridized carbons (Fsp3) is 0.333.